The molecular weight excluding hydrogens is 276 g/mol. The standard InChI is InChI=1S/C14H24N2O3S/c1-3-20(17,18)10-4-5-13(16-15)11-12-6-8-14(19-2)9-7-12/h6-9,13,16H,3-5,10-11,15H2,1-2H3. The SMILES string of the molecule is CCS(=O)(=O)CCCC(Cc1ccc(OC)cc1)NN. The Labute approximate surface area is 121 Å². The molecule has 1 aromatic carbocycles. The summed E-state index contributed by atoms with van der Waals surface area (Å²) >= 11 is 0. The van der Waals surface area contributed by atoms with Gasteiger partial charge < -0.3 is 4.74 Å². The fraction of sp³-hybridized carbons (Fsp3) is 0.571. The van der Waals surface area contributed by atoms with Crippen LogP contribution in [-0.2, 0) is 16.3 Å². The van der Waals surface area contributed by atoms with Gasteiger partial charge in [0, 0.05) is 11.8 Å². The zero-order chi connectivity index (χ0) is 15.0. The fourth-order valence-corrected chi connectivity index (χ4v) is 2.88. The van der Waals surface area contributed by atoms with Crippen LogP contribution < -0.4 is 16.0 Å². The Morgan fingerprint density at radius 1 is 1.30 bits per heavy atom. The highest BCUT2D eigenvalue weighted by atomic mass is 32.2. The molecular formula is C14H24N2O3S. The molecule has 20 heavy (non-hydrogen) atoms. The second-order valence-electron chi connectivity index (χ2n) is 4.79. The van der Waals surface area contributed by atoms with E-state index in [1.54, 1.807) is 14.0 Å². The fourth-order valence-electron chi connectivity index (χ4n) is 1.98. The first-order valence-electron chi connectivity index (χ1n) is 6.80. The van der Waals surface area contributed by atoms with E-state index in [2.05, 4.69) is 5.43 Å². The largest absolute Gasteiger partial charge is 0.497 e. The lowest BCUT2D eigenvalue weighted by Gasteiger charge is -2.16. The Bertz CT molecular complexity index is 486. The summed E-state index contributed by atoms with van der Waals surface area (Å²) < 4.78 is 28.0. The van der Waals surface area contributed by atoms with Crippen molar-refractivity contribution in [3.63, 3.8) is 0 Å². The Morgan fingerprint density at radius 3 is 2.45 bits per heavy atom. The van der Waals surface area contributed by atoms with Crippen molar-refractivity contribution in [3.05, 3.63) is 29.8 Å². The summed E-state index contributed by atoms with van der Waals surface area (Å²) in [4.78, 5) is 0. The minimum absolute atomic E-state index is 0.0791. The molecule has 1 aromatic rings. The molecule has 6 heteroatoms. The van der Waals surface area contributed by atoms with E-state index in [1.165, 1.54) is 0 Å². The topological polar surface area (TPSA) is 81.4 Å². The van der Waals surface area contributed by atoms with E-state index >= 15 is 0 Å². The monoisotopic (exact) mass is 300 g/mol. The average Bonchev–Trinajstić information content (AvgIpc) is 2.46. The van der Waals surface area contributed by atoms with Crippen molar-refractivity contribution in [2.75, 3.05) is 18.6 Å². The molecule has 0 saturated carbocycles. The lowest BCUT2D eigenvalue weighted by Crippen LogP contribution is -2.37. The number of nitrogens with one attached hydrogen (secondary N) is 1. The van der Waals surface area contributed by atoms with E-state index in [0.717, 1.165) is 24.2 Å². The summed E-state index contributed by atoms with van der Waals surface area (Å²) in [5.41, 5.74) is 3.90. The van der Waals surface area contributed by atoms with Gasteiger partial charge in [-0.3, -0.25) is 11.3 Å². The third-order valence-electron chi connectivity index (χ3n) is 3.32. The number of ether oxygens (including phenoxy) is 1. The van der Waals surface area contributed by atoms with Crippen LogP contribution in [0.15, 0.2) is 24.3 Å². The van der Waals surface area contributed by atoms with Gasteiger partial charge in [0.1, 0.15) is 15.6 Å². The minimum Gasteiger partial charge on any atom is -0.497 e. The Balaban J connectivity index is 2.46. The van der Waals surface area contributed by atoms with Crippen molar-refractivity contribution < 1.29 is 13.2 Å². The van der Waals surface area contributed by atoms with Crippen LogP contribution in [-0.4, -0.2) is 33.1 Å². The molecule has 0 spiro atoms. The first kappa shape index (κ1) is 16.9. The molecule has 0 fully saturated rings. The smallest absolute Gasteiger partial charge is 0.150 e. The van der Waals surface area contributed by atoms with Crippen LogP contribution in [0.2, 0.25) is 0 Å². The summed E-state index contributed by atoms with van der Waals surface area (Å²) in [6.45, 7) is 1.67. The molecule has 0 radical (unpaired) electrons. The number of rotatable bonds is 9. The number of nitrogens with two attached hydrogens (primary N) is 1. The van der Waals surface area contributed by atoms with Gasteiger partial charge >= 0.3 is 0 Å². The molecule has 114 valence electrons. The molecule has 0 aromatic heterocycles. The summed E-state index contributed by atoms with van der Waals surface area (Å²) in [6.07, 6.45) is 2.13. The second-order valence-corrected chi connectivity index (χ2v) is 7.27. The third kappa shape index (κ3) is 5.90. The number of hydrogen-bond donors (Lipinski definition) is 2. The molecule has 1 atom stereocenters. The number of hydrazine groups is 1. The Kier molecular flexibility index (Phi) is 6.98. The zero-order valence-electron chi connectivity index (χ0n) is 12.1. The van der Waals surface area contributed by atoms with Gasteiger partial charge in [-0.1, -0.05) is 19.1 Å². The highest BCUT2D eigenvalue weighted by molar-refractivity contribution is 7.91. The van der Waals surface area contributed by atoms with Crippen molar-refractivity contribution in [1.82, 2.24) is 5.43 Å². The lowest BCUT2D eigenvalue weighted by molar-refractivity contribution is 0.414. The third-order valence-corrected chi connectivity index (χ3v) is 5.11. The summed E-state index contributed by atoms with van der Waals surface area (Å²) in [5, 5.41) is 0. The minimum atomic E-state index is -2.89. The summed E-state index contributed by atoms with van der Waals surface area (Å²) in [6, 6.07) is 7.88. The van der Waals surface area contributed by atoms with Crippen molar-refractivity contribution >= 4 is 9.84 Å². The molecule has 5 nitrogen and oxygen atoms in total. The van der Waals surface area contributed by atoms with E-state index < -0.39 is 9.84 Å². The van der Waals surface area contributed by atoms with Gasteiger partial charge in [-0.15, -0.1) is 0 Å². The summed E-state index contributed by atoms with van der Waals surface area (Å²) in [5.74, 6) is 6.78. The predicted octanol–water partition coefficient (Wildman–Crippen LogP) is 1.28. The van der Waals surface area contributed by atoms with Gasteiger partial charge in [0.05, 0.1) is 12.9 Å². The maximum atomic E-state index is 11.4. The molecule has 0 heterocycles. The first-order valence-corrected chi connectivity index (χ1v) is 8.62. The molecule has 0 bridgehead atoms. The van der Waals surface area contributed by atoms with Crippen LogP contribution in [0, 0.1) is 0 Å². The van der Waals surface area contributed by atoms with Crippen molar-refractivity contribution in [3.8, 4) is 5.75 Å². The zero-order valence-corrected chi connectivity index (χ0v) is 12.9. The van der Waals surface area contributed by atoms with Crippen molar-refractivity contribution in [1.29, 1.82) is 0 Å². The Morgan fingerprint density at radius 2 is 1.95 bits per heavy atom. The quantitative estimate of drug-likeness (QED) is 0.530. The first-order chi connectivity index (χ1) is 9.50. The Hall–Kier alpha value is -1.11. The normalized spacial score (nSPS) is 13.2. The molecule has 3 N–H and O–H groups in total. The van der Waals surface area contributed by atoms with Gasteiger partial charge in [0.25, 0.3) is 0 Å². The van der Waals surface area contributed by atoms with Crippen LogP contribution in [0.3, 0.4) is 0 Å². The maximum absolute atomic E-state index is 11.4. The highest BCUT2D eigenvalue weighted by Crippen LogP contribution is 2.14. The molecule has 1 rings (SSSR count). The van der Waals surface area contributed by atoms with Gasteiger partial charge in [-0.2, -0.15) is 0 Å². The molecule has 0 aliphatic rings. The molecule has 1 unspecified atom stereocenters. The lowest BCUT2D eigenvalue weighted by atomic mass is 10.0. The number of methoxy groups -OCH3 is 1. The molecule has 0 amide bonds. The van der Waals surface area contributed by atoms with Crippen molar-refractivity contribution in [2.24, 2.45) is 5.84 Å². The van der Waals surface area contributed by atoms with E-state index in [4.69, 9.17) is 10.6 Å². The van der Waals surface area contributed by atoms with Crippen LogP contribution in [0.1, 0.15) is 25.3 Å². The van der Waals surface area contributed by atoms with Gasteiger partial charge in [-0.25, -0.2) is 8.42 Å². The van der Waals surface area contributed by atoms with Crippen LogP contribution in [0.25, 0.3) is 0 Å². The van der Waals surface area contributed by atoms with E-state index in [-0.39, 0.29) is 17.5 Å². The van der Waals surface area contributed by atoms with Gasteiger partial charge in [0.2, 0.25) is 0 Å². The van der Waals surface area contributed by atoms with Gasteiger partial charge in [-0.05, 0) is 37.0 Å². The second kappa shape index (κ2) is 8.24. The number of benzene rings is 1. The van der Waals surface area contributed by atoms with Crippen LogP contribution in [0.4, 0.5) is 0 Å². The number of sulfone groups is 1. The van der Waals surface area contributed by atoms with Crippen LogP contribution in [0.5, 0.6) is 5.75 Å². The van der Waals surface area contributed by atoms with Crippen molar-refractivity contribution in [2.45, 2.75) is 32.2 Å². The predicted molar refractivity (Wildman–Crippen MR) is 81.4 cm³/mol. The van der Waals surface area contributed by atoms with Gasteiger partial charge in [0.15, 0.2) is 0 Å². The maximum Gasteiger partial charge on any atom is 0.150 e. The molecule has 0 aliphatic carbocycles. The molecule has 0 saturated heterocycles. The molecule has 0 aliphatic heterocycles. The van der Waals surface area contributed by atoms with E-state index in [1.807, 2.05) is 24.3 Å². The van der Waals surface area contributed by atoms with Crippen LogP contribution >= 0.6 is 0 Å². The van der Waals surface area contributed by atoms with E-state index in [0.29, 0.717) is 6.42 Å². The number of hydrogen-bond acceptors (Lipinski definition) is 5. The van der Waals surface area contributed by atoms with E-state index in [9.17, 15) is 8.42 Å². The highest BCUT2D eigenvalue weighted by Gasteiger charge is 2.11. The summed E-state index contributed by atoms with van der Waals surface area (Å²) in [7, 11) is -1.26. The average molecular weight is 300 g/mol.